The van der Waals surface area contributed by atoms with Gasteiger partial charge in [0.05, 0.1) is 6.21 Å². The molecule has 0 saturated heterocycles. The van der Waals surface area contributed by atoms with Gasteiger partial charge in [0.25, 0.3) is 0 Å². The number of pyridine rings is 1. The Hall–Kier alpha value is -1.38. The van der Waals surface area contributed by atoms with Crippen LogP contribution in [-0.2, 0) is 0 Å². The van der Waals surface area contributed by atoms with Crippen LogP contribution in [0.5, 0.6) is 0 Å². The maximum Gasteiger partial charge on any atom is 0.0555 e. The Labute approximate surface area is 72.5 Å². The first-order valence-electron chi connectivity index (χ1n) is 4.09. The van der Waals surface area contributed by atoms with Gasteiger partial charge in [-0.1, -0.05) is 13.0 Å². The summed E-state index contributed by atoms with van der Waals surface area (Å²) >= 11 is 0. The SMILES string of the molecule is CCCN/N=C/c1cccnc1. The third kappa shape index (κ3) is 3.14. The van der Waals surface area contributed by atoms with Crippen molar-refractivity contribution in [3.63, 3.8) is 0 Å². The van der Waals surface area contributed by atoms with Crippen LogP contribution >= 0.6 is 0 Å². The largest absolute Gasteiger partial charge is 0.310 e. The van der Waals surface area contributed by atoms with E-state index in [0.29, 0.717) is 0 Å². The highest BCUT2D eigenvalue weighted by Crippen LogP contribution is 1.89. The molecular formula is C9H13N3. The van der Waals surface area contributed by atoms with Crippen LogP contribution in [0, 0.1) is 0 Å². The van der Waals surface area contributed by atoms with Crippen molar-refractivity contribution in [1.82, 2.24) is 10.4 Å². The Morgan fingerprint density at radius 2 is 2.58 bits per heavy atom. The first kappa shape index (κ1) is 8.71. The predicted octanol–water partition coefficient (Wildman–Crippen LogP) is 1.42. The standard InChI is InChI=1S/C9H13N3/c1-2-5-11-12-8-9-4-3-6-10-7-9/h3-4,6-8,11H,2,5H2,1H3/b12-8+. The van der Waals surface area contributed by atoms with E-state index >= 15 is 0 Å². The predicted molar refractivity (Wildman–Crippen MR) is 50.1 cm³/mol. The van der Waals surface area contributed by atoms with E-state index in [1.54, 1.807) is 18.6 Å². The van der Waals surface area contributed by atoms with Gasteiger partial charge < -0.3 is 5.43 Å². The fraction of sp³-hybridized carbons (Fsp3) is 0.333. The molecule has 0 saturated carbocycles. The van der Waals surface area contributed by atoms with Crippen molar-refractivity contribution in [2.75, 3.05) is 6.54 Å². The highest BCUT2D eigenvalue weighted by atomic mass is 15.3. The average Bonchev–Trinajstić information content (AvgIpc) is 2.14. The minimum atomic E-state index is 0.913. The average molecular weight is 163 g/mol. The van der Waals surface area contributed by atoms with Gasteiger partial charge in [0.2, 0.25) is 0 Å². The molecule has 0 aliphatic carbocycles. The lowest BCUT2D eigenvalue weighted by atomic mass is 10.3. The highest BCUT2D eigenvalue weighted by Gasteiger charge is 1.82. The number of aromatic nitrogens is 1. The molecule has 0 aromatic carbocycles. The molecule has 64 valence electrons. The maximum absolute atomic E-state index is 4.02. The fourth-order valence-electron chi connectivity index (χ4n) is 0.749. The molecule has 0 unspecified atom stereocenters. The molecule has 0 atom stereocenters. The Morgan fingerprint density at radius 3 is 3.25 bits per heavy atom. The van der Waals surface area contributed by atoms with Crippen LogP contribution in [0.1, 0.15) is 18.9 Å². The molecule has 0 aliphatic heterocycles. The summed E-state index contributed by atoms with van der Waals surface area (Å²) in [5.74, 6) is 0. The summed E-state index contributed by atoms with van der Waals surface area (Å²) in [6.07, 6.45) is 6.38. The number of nitrogens with one attached hydrogen (secondary N) is 1. The van der Waals surface area contributed by atoms with Crippen LogP contribution in [0.25, 0.3) is 0 Å². The molecule has 1 heterocycles. The van der Waals surface area contributed by atoms with Crippen molar-refractivity contribution in [3.8, 4) is 0 Å². The first-order chi connectivity index (χ1) is 5.93. The van der Waals surface area contributed by atoms with Crippen molar-refractivity contribution in [2.45, 2.75) is 13.3 Å². The van der Waals surface area contributed by atoms with Crippen LogP contribution in [0.15, 0.2) is 29.6 Å². The van der Waals surface area contributed by atoms with Gasteiger partial charge in [0, 0.05) is 24.5 Å². The monoisotopic (exact) mass is 163 g/mol. The van der Waals surface area contributed by atoms with Gasteiger partial charge in [-0.15, -0.1) is 0 Å². The zero-order chi connectivity index (χ0) is 8.65. The normalized spacial score (nSPS) is 10.4. The van der Waals surface area contributed by atoms with Crippen LogP contribution < -0.4 is 5.43 Å². The second-order valence-corrected chi connectivity index (χ2v) is 2.45. The number of nitrogens with zero attached hydrogens (tertiary/aromatic N) is 2. The lowest BCUT2D eigenvalue weighted by Gasteiger charge is -1.94. The molecule has 0 bridgehead atoms. The summed E-state index contributed by atoms with van der Waals surface area (Å²) in [7, 11) is 0. The van der Waals surface area contributed by atoms with E-state index in [1.807, 2.05) is 12.1 Å². The minimum absolute atomic E-state index is 0.913. The third-order valence-electron chi connectivity index (χ3n) is 1.35. The zero-order valence-corrected chi connectivity index (χ0v) is 7.20. The minimum Gasteiger partial charge on any atom is -0.310 e. The zero-order valence-electron chi connectivity index (χ0n) is 7.20. The van der Waals surface area contributed by atoms with Crippen LogP contribution in [-0.4, -0.2) is 17.7 Å². The Balaban J connectivity index is 2.36. The molecule has 0 spiro atoms. The molecule has 1 aromatic rings. The molecule has 0 radical (unpaired) electrons. The van der Waals surface area contributed by atoms with E-state index in [-0.39, 0.29) is 0 Å². The fourth-order valence-corrected chi connectivity index (χ4v) is 0.749. The number of rotatable bonds is 4. The summed E-state index contributed by atoms with van der Waals surface area (Å²) in [6, 6.07) is 3.85. The van der Waals surface area contributed by atoms with E-state index in [4.69, 9.17) is 0 Å². The van der Waals surface area contributed by atoms with Gasteiger partial charge in [0.15, 0.2) is 0 Å². The van der Waals surface area contributed by atoms with Crippen molar-refractivity contribution >= 4 is 6.21 Å². The van der Waals surface area contributed by atoms with Crippen molar-refractivity contribution in [1.29, 1.82) is 0 Å². The molecule has 1 aromatic heterocycles. The lowest BCUT2D eigenvalue weighted by Crippen LogP contribution is -2.05. The summed E-state index contributed by atoms with van der Waals surface area (Å²) < 4.78 is 0. The molecule has 12 heavy (non-hydrogen) atoms. The van der Waals surface area contributed by atoms with E-state index in [2.05, 4.69) is 22.4 Å². The Kier molecular flexibility index (Phi) is 3.84. The number of hydrogen-bond donors (Lipinski definition) is 1. The van der Waals surface area contributed by atoms with Gasteiger partial charge in [-0.3, -0.25) is 4.98 Å². The summed E-state index contributed by atoms with van der Waals surface area (Å²) in [4.78, 5) is 3.96. The molecule has 3 nitrogen and oxygen atoms in total. The third-order valence-corrected chi connectivity index (χ3v) is 1.35. The van der Waals surface area contributed by atoms with Crippen molar-refractivity contribution in [2.24, 2.45) is 5.10 Å². The highest BCUT2D eigenvalue weighted by molar-refractivity contribution is 5.78. The maximum atomic E-state index is 4.02. The number of hydrazone groups is 1. The molecular weight excluding hydrogens is 150 g/mol. The van der Waals surface area contributed by atoms with Crippen LogP contribution in [0.4, 0.5) is 0 Å². The molecule has 1 N–H and O–H groups in total. The Bertz CT molecular complexity index is 231. The smallest absolute Gasteiger partial charge is 0.0555 e. The van der Waals surface area contributed by atoms with Crippen LogP contribution in [0.2, 0.25) is 0 Å². The quantitative estimate of drug-likeness (QED) is 0.414. The molecule has 1 rings (SSSR count). The summed E-state index contributed by atoms with van der Waals surface area (Å²) in [5, 5.41) is 4.02. The lowest BCUT2D eigenvalue weighted by molar-refractivity contribution is 0.719. The van der Waals surface area contributed by atoms with Crippen molar-refractivity contribution < 1.29 is 0 Å². The van der Waals surface area contributed by atoms with Gasteiger partial charge in [0.1, 0.15) is 0 Å². The van der Waals surface area contributed by atoms with Crippen LogP contribution in [0.3, 0.4) is 0 Å². The number of hydrogen-bond acceptors (Lipinski definition) is 3. The summed E-state index contributed by atoms with van der Waals surface area (Å²) in [6.45, 7) is 3.02. The molecule has 0 fully saturated rings. The van der Waals surface area contributed by atoms with Crippen molar-refractivity contribution in [3.05, 3.63) is 30.1 Å². The van der Waals surface area contributed by atoms with Gasteiger partial charge in [-0.25, -0.2) is 0 Å². The topological polar surface area (TPSA) is 37.3 Å². The van der Waals surface area contributed by atoms with Gasteiger partial charge >= 0.3 is 0 Å². The Morgan fingerprint density at radius 1 is 1.67 bits per heavy atom. The van der Waals surface area contributed by atoms with Gasteiger partial charge in [-0.05, 0) is 12.5 Å². The van der Waals surface area contributed by atoms with E-state index in [1.165, 1.54) is 0 Å². The second kappa shape index (κ2) is 5.29. The van der Waals surface area contributed by atoms with Gasteiger partial charge in [-0.2, -0.15) is 5.10 Å². The first-order valence-corrected chi connectivity index (χ1v) is 4.09. The van der Waals surface area contributed by atoms with E-state index in [0.717, 1.165) is 18.5 Å². The molecule has 0 aliphatic rings. The molecule has 0 amide bonds. The summed E-state index contributed by atoms with van der Waals surface area (Å²) in [5.41, 5.74) is 3.94. The second-order valence-electron chi connectivity index (χ2n) is 2.45. The molecule has 3 heteroatoms. The van der Waals surface area contributed by atoms with E-state index < -0.39 is 0 Å². The van der Waals surface area contributed by atoms with E-state index in [9.17, 15) is 0 Å².